The fourth-order valence-electron chi connectivity index (χ4n) is 2.23. The first-order chi connectivity index (χ1) is 9.37. The van der Waals surface area contributed by atoms with E-state index in [2.05, 4.69) is 0 Å². The first-order valence-corrected chi connectivity index (χ1v) is 7.37. The number of rotatable bonds is 4. The normalized spacial score (nSPS) is 23.7. The molecule has 1 unspecified atom stereocenters. The molecule has 1 heterocycles. The minimum absolute atomic E-state index is 0.108. The van der Waals surface area contributed by atoms with Crippen LogP contribution in [-0.2, 0) is 14.8 Å². The maximum atomic E-state index is 12.5. The summed E-state index contributed by atoms with van der Waals surface area (Å²) < 4.78 is 30.9. The molecule has 7 nitrogen and oxygen atoms in total. The Morgan fingerprint density at radius 2 is 2.05 bits per heavy atom. The number of carbonyl (C=O) groups is 1. The summed E-state index contributed by atoms with van der Waals surface area (Å²) >= 11 is 0. The molecule has 0 amide bonds. The van der Waals surface area contributed by atoms with Gasteiger partial charge in [-0.3, -0.25) is 4.79 Å². The Morgan fingerprint density at radius 3 is 2.65 bits per heavy atom. The van der Waals surface area contributed by atoms with Crippen LogP contribution in [0, 0.1) is 0 Å². The average molecular weight is 301 g/mol. The van der Waals surface area contributed by atoms with Gasteiger partial charge in [-0.1, -0.05) is 12.1 Å². The van der Waals surface area contributed by atoms with E-state index >= 15 is 0 Å². The molecule has 0 spiro atoms. The molecule has 1 aliphatic heterocycles. The average Bonchev–Trinajstić information content (AvgIpc) is 2.82. The lowest BCUT2D eigenvalue weighted by Crippen LogP contribution is -2.40. The number of ether oxygens (including phenoxy) is 1. The fourth-order valence-corrected chi connectivity index (χ4v) is 4.02. The molecule has 2 N–H and O–H groups in total. The van der Waals surface area contributed by atoms with Gasteiger partial charge in [0.25, 0.3) is 0 Å². The van der Waals surface area contributed by atoms with E-state index in [1.54, 1.807) is 6.07 Å². The van der Waals surface area contributed by atoms with Gasteiger partial charge in [-0.05, 0) is 12.1 Å². The Labute approximate surface area is 116 Å². The van der Waals surface area contributed by atoms with Gasteiger partial charge in [-0.25, -0.2) is 8.42 Å². The predicted molar refractivity (Wildman–Crippen MR) is 68.9 cm³/mol. The summed E-state index contributed by atoms with van der Waals surface area (Å²) in [5.74, 6) is -1.14. The highest BCUT2D eigenvalue weighted by Crippen LogP contribution is 2.31. The zero-order valence-electron chi connectivity index (χ0n) is 10.8. The van der Waals surface area contributed by atoms with E-state index in [0.717, 1.165) is 4.31 Å². The SMILES string of the molecule is COc1ccccc1S(=O)(=O)N1CC(O)C[C@H]1C(=O)O. The quantitative estimate of drug-likeness (QED) is 0.805. The lowest BCUT2D eigenvalue weighted by molar-refractivity contribution is -0.140. The van der Waals surface area contributed by atoms with Gasteiger partial charge >= 0.3 is 5.97 Å². The van der Waals surface area contributed by atoms with Crippen molar-refractivity contribution in [2.45, 2.75) is 23.5 Å². The molecule has 0 aromatic heterocycles. The number of hydrogen-bond acceptors (Lipinski definition) is 5. The van der Waals surface area contributed by atoms with Gasteiger partial charge in [0, 0.05) is 13.0 Å². The summed E-state index contributed by atoms with van der Waals surface area (Å²) in [6.45, 7) is -0.239. The molecule has 110 valence electrons. The van der Waals surface area contributed by atoms with Crippen molar-refractivity contribution in [1.29, 1.82) is 0 Å². The molecule has 1 aromatic carbocycles. The number of nitrogens with zero attached hydrogens (tertiary/aromatic N) is 1. The molecule has 0 bridgehead atoms. The molecule has 0 radical (unpaired) electrons. The van der Waals surface area contributed by atoms with E-state index in [1.165, 1.54) is 25.3 Å². The number of carboxylic acids is 1. The first-order valence-electron chi connectivity index (χ1n) is 5.93. The van der Waals surface area contributed by atoms with E-state index in [0.29, 0.717) is 0 Å². The highest BCUT2D eigenvalue weighted by molar-refractivity contribution is 7.89. The molecule has 1 aliphatic rings. The first kappa shape index (κ1) is 14.8. The fraction of sp³-hybridized carbons (Fsp3) is 0.417. The van der Waals surface area contributed by atoms with Gasteiger partial charge in [0.1, 0.15) is 16.7 Å². The molecule has 20 heavy (non-hydrogen) atoms. The second-order valence-electron chi connectivity index (χ2n) is 4.47. The molecule has 2 rings (SSSR count). The summed E-state index contributed by atoms with van der Waals surface area (Å²) in [5.41, 5.74) is 0. The van der Waals surface area contributed by atoms with Crippen LogP contribution in [0.2, 0.25) is 0 Å². The number of β-amino-alcohol motifs (C(OH)–C–C–N with tert-alkyl or cyclic N) is 1. The van der Waals surface area contributed by atoms with Gasteiger partial charge in [0.05, 0.1) is 13.2 Å². The van der Waals surface area contributed by atoms with Gasteiger partial charge in [0.15, 0.2) is 0 Å². The van der Waals surface area contributed by atoms with Crippen LogP contribution in [0.25, 0.3) is 0 Å². The van der Waals surface area contributed by atoms with Gasteiger partial charge in [-0.2, -0.15) is 4.31 Å². The molecule has 0 saturated carbocycles. The zero-order valence-corrected chi connectivity index (χ0v) is 11.6. The third kappa shape index (κ3) is 2.49. The van der Waals surface area contributed by atoms with Crippen molar-refractivity contribution in [1.82, 2.24) is 4.31 Å². The van der Waals surface area contributed by atoms with Crippen molar-refractivity contribution in [3.05, 3.63) is 24.3 Å². The maximum absolute atomic E-state index is 12.5. The zero-order chi connectivity index (χ0) is 14.9. The number of benzene rings is 1. The number of carboxylic acid groups (broad SMARTS) is 1. The largest absolute Gasteiger partial charge is 0.495 e. The third-order valence-corrected chi connectivity index (χ3v) is 5.09. The Hall–Kier alpha value is -1.64. The number of methoxy groups -OCH3 is 1. The predicted octanol–water partition coefficient (Wildman–Crippen LogP) is -0.0963. The van der Waals surface area contributed by atoms with Crippen molar-refractivity contribution >= 4 is 16.0 Å². The van der Waals surface area contributed by atoms with Crippen LogP contribution in [0.4, 0.5) is 0 Å². The van der Waals surface area contributed by atoms with Crippen molar-refractivity contribution < 1.29 is 28.2 Å². The Kier molecular flexibility index (Phi) is 3.98. The topological polar surface area (TPSA) is 104 Å². The molecule has 1 aromatic rings. The van der Waals surface area contributed by atoms with Gasteiger partial charge < -0.3 is 14.9 Å². The number of aliphatic hydroxyl groups is 1. The molecule has 0 aliphatic carbocycles. The molecule has 1 saturated heterocycles. The molecular weight excluding hydrogens is 286 g/mol. The molecule has 8 heteroatoms. The monoisotopic (exact) mass is 301 g/mol. The van der Waals surface area contributed by atoms with Crippen LogP contribution in [0.15, 0.2) is 29.2 Å². The Bertz CT molecular complexity index is 614. The second kappa shape index (κ2) is 5.39. The summed E-state index contributed by atoms with van der Waals surface area (Å²) in [7, 11) is -2.71. The minimum atomic E-state index is -4.04. The summed E-state index contributed by atoms with van der Waals surface area (Å²) in [6.07, 6.45) is -1.11. The number of aliphatic hydroxyl groups excluding tert-OH is 1. The van der Waals surface area contributed by atoms with E-state index in [9.17, 15) is 18.3 Å². The van der Waals surface area contributed by atoms with Crippen molar-refractivity contribution in [3.8, 4) is 5.75 Å². The van der Waals surface area contributed by atoms with Crippen molar-refractivity contribution in [2.24, 2.45) is 0 Å². The molecule has 2 atom stereocenters. The molecular formula is C12H15NO6S. The van der Waals surface area contributed by atoms with E-state index in [1.807, 2.05) is 0 Å². The van der Waals surface area contributed by atoms with E-state index in [-0.39, 0.29) is 23.6 Å². The van der Waals surface area contributed by atoms with Gasteiger partial charge in [-0.15, -0.1) is 0 Å². The van der Waals surface area contributed by atoms with Crippen LogP contribution in [0.3, 0.4) is 0 Å². The number of sulfonamides is 1. The highest BCUT2D eigenvalue weighted by atomic mass is 32.2. The van der Waals surface area contributed by atoms with E-state index < -0.39 is 28.1 Å². The van der Waals surface area contributed by atoms with Crippen LogP contribution in [0.5, 0.6) is 5.75 Å². The Morgan fingerprint density at radius 1 is 1.40 bits per heavy atom. The third-order valence-electron chi connectivity index (χ3n) is 3.17. The van der Waals surface area contributed by atoms with Gasteiger partial charge in [0.2, 0.25) is 10.0 Å². The van der Waals surface area contributed by atoms with E-state index in [4.69, 9.17) is 9.84 Å². The lowest BCUT2D eigenvalue weighted by Gasteiger charge is -2.21. The smallest absolute Gasteiger partial charge is 0.322 e. The number of hydrogen-bond donors (Lipinski definition) is 2. The minimum Gasteiger partial charge on any atom is -0.495 e. The van der Waals surface area contributed by atoms with Crippen LogP contribution >= 0.6 is 0 Å². The van der Waals surface area contributed by atoms with Crippen molar-refractivity contribution in [3.63, 3.8) is 0 Å². The Balaban J connectivity index is 2.46. The lowest BCUT2D eigenvalue weighted by atomic mass is 10.2. The van der Waals surface area contributed by atoms with Crippen LogP contribution in [-0.4, -0.2) is 54.7 Å². The van der Waals surface area contributed by atoms with Crippen molar-refractivity contribution in [2.75, 3.05) is 13.7 Å². The number of para-hydroxylation sites is 1. The standard InChI is InChI=1S/C12H15NO6S/c1-19-10-4-2-3-5-11(10)20(17,18)13-7-8(14)6-9(13)12(15)16/h2-5,8-9,14H,6-7H2,1H3,(H,15,16)/t8?,9-/m0/s1. The molecule has 1 fully saturated rings. The summed E-state index contributed by atoms with van der Waals surface area (Å²) in [6, 6.07) is 4.70. The van der Waals surface area contributed by atoms with Crippen LogP contribution < -0.4 is 4.74 Å². The number of aliphatic carboxylic acids is 1. The highest BCUT2D eigenvalue weighted by Gasteiger charge is 2.44. The summed E-state index contributed by atoms with van der Waals surface area (Å²) in [4.78, 5) is 11.0. The van der Waals surface area contributed by atoms with Crippen LogP contribution in [0.1, 0.15) is 6.42 Å². The second-order valence-corrected chi connectivity index (χ2v) is 6.33. The maximum Gasteiger partial charge on any atom is 0.322 e. The summed E-state index contributed by atoms with van der Waals surface area (Å²) in [5, 5.41) is 18.6.